The van der Waals surface area contributed by atoms with Gasteiger partial charge in [0, 0.05) is 25.5 Å². The van der Waals surface area contributed by atoms with Crippen molar-refractivity contribution in [2.24, 2.45) is 9.98 Å². The lowest BCUT2D eigenvalue weighted by Crippen LogP contribution is -1.95. The van der Waals surface area contributed by atoms with Gasteiger partial charge in [-0.15, -0.1) is 0 Å². The van der Waals surface area contributed by atoms with Crippen LogP contribution in [0.15, 0.2) is 46.4 Å². The van der Waals surface area contributed by atoms with Gasteiger partial charge in [-0.25, -0.2) is 9.97 Å². The first kappa shape index (κ1) is 18.9. The van der Waals surface area contributed by atoms with E-state index in [0.717, 1.165) is 43.7 Å². The lowest BCUT2D eigenvalue weighted by atomic mass is 10.2. The van der Waals surface area contributed by atoms with E-state index in [9.17, 15) is 0 Å². The van der Waals surface area contributed by atoms with Gasteiger partial charge in [-0.3, -0.25) is 9.98 Å². The number of nitrogens with zero attached hydrogens (tertiary/aromatic N) is 4. The molecule has 2 rings (SSSR count). The summed E-state index contributed by atoms with van der Waals surface area (Å²) in [5, 5.41) is 18.1. The third kappa shape index (κ3) is 7.32. The van der Waals surface area contributed by atoms with Crippen LogP contribution in [0.1, 0.15) is 42.0 Å². The lowest BCUT2D eigenvalue weighted by Gasteiger charge is -1.98. The molecule has 0 fully saturated rings. The fourth-order valence-corrected chi connectivity index (χ4v) is 2.22. The number of aliphatic hydroxyl groups is 2. The number of rotatable bonds is 10. The fourth-order valence-electron chi connectivity index (χ4n) is 2.22. The molecular formula is C19H24N4O2. The molecule has 6 nitrogen and oxygen atoms in total. The highest BCUT2D eigenvalue weighted by molar-refractivity contribution is 5.77. The number of aliphatic imine (C=N–C) groups is 2. The number of aliphatic hydroxyl groups excluding tert-OH is 2. The molecule has 0 saturated heterocycles. The van der Waals surface area contributed by atoms with Gasteiger partial charge in [0.2, 0.25) is 0 Å². The molecule has 0 aliphatic rings. The van der Waals surface area contributed by atoms with Crippen LogP contribution in [-0.2, 0) is 13.2 Å². The quantitative estimate of drug-likeness (QED) is 0.512. The molecule has 0 aromatic carbocycles. The van der Waals surface area contributed by atoms with E-state index in [1.807, 2.05) is 24.3 Å². The molecule has 0 spiro atoms. The molecule has 2 N–H and O–H groups in total. The van der Waals surface area contributed by atoms with Gasteiger partial charge >= 0.3 is 0 Å². The summed E-state index contributed by atoms with van der Waals surface area (Å²) in [5.74, 6) is 0. The zero-order valence-electron chi connectivity index (χ0n) is 14.3. The molecule has 0 amide bonds. The first-order chi connectivity index (χ1) is 12.3. The molecule has 0 atom stereocenters. The maximum absolute atomic E-state index is 9.04. The van der Waals surface area contributed by atoms with Gasteiger partial charge in [-0.05, 0) is 43.5 Å². The number of hydrogen-bond acceptors (Lipinski definition) is 6. The maximum Gasteiger partial charge on any atom is 0.0853 e. The second kappa shape index (κ2) is 11.2. The van der Waals surface area contributed by atoms with Crippen molar-refractivity contribution in [2.75, 3.05) is 13.1 Å². The summed E-state index contributed by atoms with van der Waals surface area (Å²) < 4.78 is 0. The fraction of sp³-hybridized carbons (Fsp3) is 0.368. The molecule has 25 heavy (non-hydrogen) atoms. The van der Waals surface area contributed by atoms with Gasteiger partial charge in [0.05, 0.1) is 36.0 Å². The summed E-state index contributed by atoms with van der Waals surface area (Å²) in [6.45, 7) is 1.41. The van der Waals surface area contributed by atoms with E-state index < -0.39 is 0 Å². The van der Waals surface area contributed by atoms with E-state index in [1.54, 1.807) is 24.6 Å². The van der Waals surface area contributed by atoms with E-state index in [-0.39, 0.29) is 13.2 Å². The molecule has 2 aromatic heterocycles. The highest BCUT2D eigenvalue weighted by atomic mass is 16.3. The Morgan fingerprint density at radius 1 is 0.720 bits per heavy atom. The van der Waals surface area contributed by atoms with Crippen LogP contribution in [-0.4, -0.2) is 45.7 Å². The van der Waals surface area contributed by atoms with E-state index in [0.29, 0.717) is 11.4 Å². The Morgan fingerprint density at radius 3 is 1.64 bits per heavy atom. The smallest absolute Gasteiger partial charge is 0.0853 e. The minimum absolute atomic E-state index is 0.0536. The van der Waals surface area contributed by atoms with Crippen molar-refractivity contribution in [3.8, 4) is 0 Å². The summed E-state index contributed by atoms with van der Waals surface area (Å²) >= 11 is 0. The largest absolute Gasteiger partial charge is 0.390 e. The Bertz CT molecular complexity index is 642. The predicted molar refractivity (Wildman–Crippen MR) is 99.1 cm³/mol. The lowest BCUT2D eigenvalue weighted by molar-refractivity contribution is 0.276. The SMILES string of the molecule is OCc1cccc(C=NCCCCCN=Cc2cccc(CO)n2)n1. The highest BCUT2D eigenvalue weighted by Crippen LogP contribution is 2.00. The average Bonchev–Trinajstić information content (AvgIpc) is 2.67. The molecule has 2 aromatic rings. The van der Waals surface area contributed by atoms with E-state index >= 15 is 0 Å². The third-order valence-electron chi connectivity index (χ3n) is 3.50. The molecule has 0 bridgehead atoms. The standard InChI is InChI=1S/C19H24N4O2/c24-14-18-8-4-6-16(22-18)12-20-10-2-1-3-11-21-13-17-7-5-9-19(15-25)23-17/h4-9,12-13,24-25H,1-3,10-11,14-15H2. The first-order valence-corrected chi connectivity index (χ1v) is 8.45. The Hall–Kier alpha value is -2.44. The summed E-state index contributed by atoms with van der Waals surface area (Å²) in [7, 11) is 0. The minimum Gasteiger partial charge on any atom is -0.390 e. The van der Waals surface area contributed by atoms with E-state index in [2.05, 4.69) is 20.0 Å². The van der Waals surface area contributed by atoms with Gasteiger partial charge in [0.15, 0.2) is 0 Å². The summed E-state index contributed by atoms with van der Waals surface area (Å²) in [6.07, 6.45) is 6.56. The molecule has 0 unspecified atom stereocenters. The maximum atomic E-state index is 9.04. The van der Waals surface area contributed by atoms with Crippen molar-refractivity contribution in [1.29, 1.82) is 0 Å². The molecule has 0 radical (unpaired) electrons. The van der Waals surface area contributed by atoms with Crippen molar-refractivity contribution in [3.63, 3.8) is 0 Å². The zero-order valence-corrected chi connectivity index (χ0v) is 14.3. The minimum atomic E-state index is -0.0536. The van der Waals surface area contributed by atoms with Crippen LogP contribution >= 0.6 is 0 Å². The molecule has 6 heteroatoms. The zero-order chi connectivity index (χ0) is 17.7. The second-order valence-corrected chi connectivity index (χ2v) is 5.56. The molecular weight excluding hydrogens is 316 g/mol. The molecule has 0 aliphatic carbocycles. The Labute approximate surface area is 148 Å². The molecule has 132 valence electrons. The van der Waals surface area contributed by atoms with Gasteiger partial charge in [-0.1, -0.05) is 12.1 Å². The van der Waals surface area contributed by atoms with Crippen LogP contribution in [0.25, 0.3) is 0 Å². The Morgan fingerprint density at radius 2 is 1.20 bits per heavy atom. The number of hydrogen-bond donors (Lipinski definition) is 2. The van der Waals surface area contributed by atoms with Crippen LogP contribution in [0, 0.1) is 0 Å². The number of unbranched alkanes of at least 4 members (excludes halogenated alkanes) is 2. The van der Waals surface area contributed by atoms with Crippen molar-refractivity contribution in [3.05, 3.63) is 59.2 Å². The average molecular weight is 340 g/mol. The molecule has 0 aliphatic heterocycles. The Balaban J connectivity index is 1.60. The van der Waals surface area contributed by atoms with Crippen molar-refractivity contribution < 1.29 is 10.2 Å². The van der Waals surface area contributed by atoms with Crippen LogP contribution in [0.4, 0.5) is 0 Å². The molecule has 0 saturated carbocycles. The van der Waals surface area contributed by atoms with Crippen LogP contribution < -0.4 is 0 Å². The second-order valence-electron chi connectivity index (χ2n) is 5.56. The van der Waals surface area contributed by atoms with Gasteiger partial charge in [0.1, 0.15) is 0 Å². The van der Waals surface area contributed by atoms with Gasteiger partial charge in [-0.2, -0.15) is 0 Å². The van der Waals surface area contributed by atoms with Gasteiger partial charge in [0.25, 0.3) is 0 Å². The van der Waals surface area contributed by atoms with E-state index in [4.69, 9.17) is 10.2 Å². The summed E-state index contributed by atoms with van der Waals surface area (Å²) in [4.78, 5) is 17.2. The summed E-state index contributed by atoms with van der Waals surface area (Å²) in [6, 6.07) is 11.0. The first-order valence-electron chi connectivity index (χ1n) is 8.45. The normalized spacial score (nSPS) is 11.6. The van der Waals surface area contributed by atoms with Crippen LogP contribution in [0.3, 0.4) is 0 Å². The van der Waals surface area contributed by atoms with E-state index in [1.165, 1.54) is 0 Å². The van der Waals surface area contributed by atoms with Crippen molar-refractivity contribution >= 4 is 12.4 Å². The Kier molecular flexibility index (Phi) is 8.44. The van der Waals surface area contributed by atoms with Crippen LogP contribution in [0.5, 0.6) is 0 Å². The number of aromatic nitrogens is 2. The van der Waals surface area contributed by atoms with Gasteiger partial charge < -0.3 is 10.2 Å². The predicted octanol–water partition coefficient (Wildman–Crippen LogP) is 2.17. The van der Waals surface area contributed by atoms with Crippen molar-refractivity contribution in [2.45, 2.75) is 32.5 Å². The molecule has 2 heterocycles. The van der Waals surface area contributed by atoms with Crippen LogP contribution in [0.2, 0.25) is 0 Å². The van der Waals surface area contributed by atoms with Crippen molar-refractivity contribution in [1.82, 2.24) is 9.97 Å². The summed E-state index contributed by atoms with van der Waals surface area (Å²) in [5.41, 5.74) is 2.85. The highest BCUT2D eigenvalue weighted by Gasteiger charge is 1.94. The third-order valence-corrected chi connectivity index (χ3v) is 3.50. The topological polar surface area (TPSA) is 91.0 Å². The number of pyridine rings is 2. The monoisotopic (exact) mass is 340 g/mol.